The Bertz CT molecular complexity index is 477. The summed E-state index contributed by atoms with van der Waals surface area (Å²) in [5, 5.41) is 0. The molecule has 0 aromatic carbocycles. The molecular formula is C12H16N2O2. The first-order valence-electron chi connectivity index (χ1n) is 5.44. The molecule has 1 atom stereocenters. The Morgan fingerprint density at radius 1 is 1.56 bits per heavy atom. The second kappa shape index (κ2) is 4.22. The molecule has 4 nitrogen and oxygen atoms in total. The summed E-state index contributed by atoms with van der Waals surface area (Å²) >= 11 is 0. The van der Waals surface area contributed by atoms with Gasteiger partial charge in [-0.1, -0.05) is 6.08 Å². The highest BCUT2D eigenvalue weighted by atomic mass is 16.5. The minimum absolute atomic E-state index is 0.0258. The van der Waals surface area contributed by atoms with Crippen LogP contribution >= 0.6 is 0 Å². The van der Waals surface area contributed by atoms with Crippen LogP contribution in [0.2, 0.25) is 0 Å². The highest BCUT2D eigenvalue weighted by Crippen LogP contribution is 2.14. The molecule has 0 saturated carbocycles. The highest BCUT2D eigenvalue weighted by molar-refractivity contribution is 5.17. The lowest BCUT2D eigenvalue weighted by atomic mass is 10.2. The van der Waals surface area contributed by atoms with Gasteiger partial charge in [0.25, 0.3) is 5.56 Å². The van der Waals surface area contributed by atoms with Crippen molar-refractivity contribution < 1.29 is 4.74 Å². The van der Waals surface area contributed by atoms with E-state index >= 15 is 0 Å². The zero-order valence-corrected chi connectivity index (χ0v) is 9.69. The van der Waals surface area contributed by atoms with Crippen LogP contribution in [0.15, 0.2) is 17.4 Å². The summed E-state index contributed by atoms with van der Waals surface area (Å²) in [4.78, 5) is 16.6. The lowest BCUT2D eigenvalue weighted by Crippen LogP contribution is -2.31. The van der Waals surface area contributed by atoms with E-state index in [1.807, 2.05) is 13.8 Å². The van der Waals surface area contributed by atoms with Crippen LogP contribution in [-0.2, 0) is 11.2 Å². The SMILES string of the molecule is C=CC1COCCc2nc(C)c(C)c(=O)n21. The third kappa shape index (κ3) is 1.69. The largest absolute Gasteiger partial charge is 0.378 e. The van der Waals surface area contributed by atoms with Crippen LogP contribution in [0, 0.1) is 13.8 Å². The third-order valence-electron chi connectivity index (χ3n) is 3.02. The van der Waals surface area contributed by atoms with E-state index in [0.29, 0.717) is 25.2 Å². The quantitative estimate of drug-likeness (QED) is 0.667. The van der Waals surface area contributed by atoms with Crippen molar-refractivity contribution in [3.8, 4) is 0 Å². The maximum atomic E-state index is 12.2. The Morgan fingerprint density at radius 3 is 3.00 bits per heavy atom. The van der Waals surface area contributed by atoms with E-state index in [0.717, 1.165) is 11.5 Å². The molecule has 0 bridgehead atoms. The molecule has 2 rings (SSSR count). The van der Waals surface area contributed by atoms with Gasteiger partial charge in [-0.2, -0.15) is 0 Å². The number of nitrogens with zero attached hydrogens (tertiary/aromatic N) is 2. The van der Waals surface area contributed by atoms with Gasteiger partial charge in [-0.15, -0.1) is 6.58 Å². The number of rotatable bonds is 1. The molecule has 86 valence electrons. The first-order valence-corrected chi connectivity index (χ1v) is 5.44. The molecule has 16 heavy (non-hydrogen) atoms. The molecule has 1 aromatic heterocycles. The van der Waals surface area contributed by atoms with E-state index < -0.39 is 0 Å². The monoisotopic (exact) mass is 220 g/mol. The fraction of sp³-hybridized carbons (Fsp3) is 0.500. The van der Waals surface area contributed by atoms with E-state index in [4.69, 9.17) is 4.74 Å². The van der Waals surface area contributed by atoms with Crippen LogP contribution in [0.1, 0.15) is 23.1 Å². The number of aromatic nitrogens is 2. The summed E-state index contributed by atoms with van der Waals surface area (Å²) in [5.74, 6) is 0.801. The molecule has 1 aromatic rings. The van der Waals surface area contributed by atoms with Crippen molar-refractivity contribution in [1.29, 1.82) is 0 Å². The molecule has 0 radical (unpaired) electrons. The zero-order valence-electron chi connectivity index (χ0n) is 9.69. The van der Waals surface area contributed by atoms with Gasteiger partial charge in [0.15, 0.2) is 0 Å². The number of hydrogen-bond acceptors (Lipinski definition) is 3. The lowest BCUT2D eigenvalue weighted by molar-refractivity contribution is 0.129. The van der Waals surface area contributed by atoms with E-state index in [1.165, 1.54) is 0 Å². The van der Waals surface area contributed by atoms with Gasteiger partial charge in [-0.3, -0.25) is 9.36 Å². The van der Waals surface area contributed by atoms with Gasteiger partial charge in [0, 0.05) is 17.7 Å². The standard InChI is InChI=1S/C12H16N2O2/c1-4-10-7-16-6-5-11-13-9(3)8(2)12(15)14(10)11/h4,10H,1,5-7H2,2-3H3. The average molecular weight is 220 g/mol. The average Bonchev–Trinajstić information content (AvgIpc) is 2.48. The maximum Gasteiger partial charge on any atom is 0.257 e. The maximum absolute atomic E-state index is 12.2. The Morgan fingerprint density at radius 2 is 2.31 bits per heavy atom. The fourth-order valence-corrected chi connectivity index (χ4v) is 1.92. The normalized spacial score (nSPS) is 20.0. The minimum Gasteiger partial charge on any atom is -0.378 e. The number of aryl methyl sites for hydroxylation is 1. The molecule has 0 saturated heterocycles. The van der Waals surface area contributed by atoms with Gasteiger partial charge >= 0.3 is 0 Å². The first-order chi connectivity index (χ1) is 7.65. The van der Waals surface area contributed by atoms with E-state index in [2.05, 4.69) is 11.6 Å². The van der Waals surface area contributed by atoms with Crippen molar-refractivity contribution in [1.82, 2.24) is 9.55 Å². The minimum atomic E-state index is -0.100. The Labute approximate surface area is 94.6 Å². The lowest BCUT2D eigenvalue weighted by Gasteiger charge is -2.17. The van der Waals surface area contributed by atoms with Crippen LogP contribution < -0.4 is 5.56 Å². The van der Waals surface area contributed by atoms with Gasteiger partial charge in [0.2, 0.25) is 0 Å². The second-order valence-electron chi connectivity index (χ2n) is 4.04. The van der Waals surface area contributed by atoms with Gasteiger partial charge < -0.3 is 4.74 Å². The van der Waals surface area contributed by atoms with Gasteiger partial charge in [-0.05, 0) is 13.8 Å². The van der Waals surface area contributed by atoms with Crippen molar-refractivity contribution in [3.63, 3.8) is 0 Å². The summed E-state index contributed by atoms with van der Waals surface area (Å²) in [7, 11) is 0. The van der Waals surface area contributed by atoms with Crippen molar-refractivity contribution in [3.05, 3.63) is 40.1 Å². The topological polar surface area (TPSA) is 44.1 Å². The van der Waals surface area contributed by atoms with Gasteiger partial charge in [-0.25, -0.2) is 4.98 Å². The van der Waals surface area contributed by atoms with Crippen molar-refractivity contribution >= 4 is 0 Å². The van der Waals surface area contributed by atoms with Crippen molar-refractivity contribution in [2.24, 2.45) is 0 Å². The Hall–Kier alpha value is -1.42. The van der Waals surface area contributed by atoms with Gasteiger partial charge in [0.1, 0.15) is 5.82 Å². The van der Waals surface area contributed by atoms with Crippen molar-refractivity contribution in [2.75, 3.05) is 13.2 Å². The summed E-state index contributed by atoms with van der Waals surface area (Å²) in [6.07, 6.45) is 2.42. The smallest absolute Gasteiger partial charge is 0.257 e. The molecule has 4 heteroatoms. The molecule has 1 unspecified atom stereocenters. The second-order valence-corrected chi connectivity index (χ2v) is 4.04. The van der Waals surface area contributed by atoms with Crippen LogP contribution in [0.5, 0.6) is 0 Å². The molecule has 0 fully saturated rings. The summed E-state index contributed by atoms with van der Waals surface area (Å²) < 4.78 is 7.15. The molecule has 0 N–H and O–H groups in total. The Kier molecular flexibility index (Phi) is 2.92. The third-order valence-corrected chi connectivity index (χ3v) is 3.02. The predicted molar refractivity (Wildman–Crippen MR) is 61.7 cm³/mol. The van der Waals surface area contributed by atoms with Gasteiger partial charge in [0.05, 0.1) is 19.3 Å². The van der Waals surface area contributed by atoms with E-state index in [1.54, 1.807) is 10.6 Å². The van der Waals surface area contributed by atoms with E-state index in [-0.39, 0.29) is 11.6 Å². The summed E-state index contributed by atoms with van der Waals surface area (Å²) in [6.45, 7) is 8.54. The van der Waals surface area contributed by atoms with Crippen LogP contribution in [0.25, 0.3) is 0 Å². The number of hydrogen-bond donors (Lipinski definition) is 0. The fourth-order valence-electron chi connectivity index (χ4n) is 1.92. The van der Waals surface area contributed by atoms with Crippen LogP contribution in [-0.4, -0.2) is 22.8 Å². The van der Waals surface area contributed by atoms with E-state index in [9.17, 15) is 4.79 Å². The number of ether oxygens (including phenoxy) is 1. The predicted octanol–water partition coefficient (Wildman–Crippen LogP) is 1.16. The highest BCUT2D eigenvalue weighted by Gasteiger charge is 2.20. The van der Waals surface area contributed by atoms with Crippen molar-refractivity contribution in [2.45, 2.75) is 26.3 Å². The first kappa shape index (κ1) is 11.1. The number of fused-ring (bicyclic) bond motifs is 1. The molecule has 0 spiro atoms. The molecule has 1 aliphatic rings. The molecule has 2 heterocycles. The zero-order chi connectivity index (χ0) is 11.7. The van der Waals surface area contributed by atoms with Crippen LogP contribution in [0.3, 0.4) is 0 Å². The van der Waals surface area contributed by atoms with Crippen LogP contribution in [0.4, 0.5) is 0 Å². The molecular weight excluding hydrogens is 204 g/mol. The summed E-state index contributed by atoms with van der Waals surface area (Å²) in [6, 6.07) is -0.100. The molecule has 0 amide bonds. The summed E-state index contributed by atoms with van der Waals surface area (Å²) in [5.41, 5.74) is 1.54. The molecule has 1 aliphatic heterocycles. The Balaban J connectivity index is 2.68. The molecule has 0 aliphatic carbocycles.